The van der Waals surface area contributed by atoms with E-state index >= 15 is 0 Å². The second-order valence-electron chi connectivity index (χ2n) is 5.03. The smallest absolute Gasteiger partial charge is 0.323 e. The minimum Gasteiger partial charge on any atom is -0.480 e. The number of methoxy groups -OCH3 is 1. The number of urea groups is 1. The minimum atomic E-state index is -1.04. The van der Waals surface area contributed by atoms with Gasteiger partial charge in [0.2, 0.25) is 0 Å². The predicted molar refractivity (Wildman–Crippen MR) is 63.9 cm³/mol. The number of ether oxygens (including phenoxy) is 1. The van der Waals surface area contributed by atoms with Crippen molar-refractivity contribution >= 4 is 12.0 Å². The van der Waals surface area contributed by atoms with Gasteiger partial charge < -0.3 is 20.1 Å². The first-order valence-electron chi connectivity index (χ1n) is 5.50. The Morgan fingerprint density at radius 2 is 1.94 bits per heavy atom. The number of carbonyl (C=O) groups excluding carboxylic acids is 1. The second kappa shape index (κ2) is 7.11. The number of carboxylic acids is 1. The number of amides is 2. The lowest BCUT2D eigenvalue weighted by Crippen LogP contribution is -2.46. The Bertz CT molecular complexity index is 261. The second-order valence-corrected chi connectivity index (χ2v) is 5.03. The van der Waals surface area contributed by atoms with Crippen LogP contribution in [0.1, 0.15) is 20.8 Å². The predicted octanol–water partition coefficient (Wildman–Crippen LogP) is 0.775. The summed E-state index contributed by atoms with van der Waals surface area (Å²) in [6, 6.07) is -0.376. The molecule has 0 atom stereocenters. The zero-order chi connectivity index (χ0) is 13.5. The van der Waals surface area contributed by atoms with Gasteiger partial charge in [-0.25, -0.2) is 4.79 Å². The fourth-order valence-electron chi connectivity index (χ4n) is 1.07. The molecule has 0 spiro atoms. The Hall–Kier alpha value is -1.30. The molecule has 0 radical (unpaired) electrons. The Labute approximate surface area is 102 Å². The molecule has 0 aliphatic heterocycles. The molecular formula is C11H22N2O4. The van der Waals surface area contributed by atoms with Gasteiger partial charge in [-0.1, -0.05) is 20.8 Å². The molecule has 0 saturated carbocycles. The van der Waals surface area contributed by atoms with Crippen molar-refractivity contribution in [2.45, 2.75) is 20.8 Å². The number of nitrogens with one attached hydrogen (secondary N) is 1. The maximum atomic E-state index is 11.7. The SMILES string of the molecule is COCCN(CC(=O)O)C(=O)NCC(C)(C)C. The molecule has 0 fully saturated rings. The third-order valence-corrected chi connectivity index (χ3v) is 1.95. The quantitative estimate of drug-likeness (QED) is 0.725. The number of carboxylic acid groups (broad SMARTS) is 1. The van der Waals surface area contributed by atoms with Crippen molar-refractivity contribution < 1.29 is 19.4 Å². The Kier molecular flexibility index (Phi) is 6.57. The lowest BCUT2D eigenvalue weighted by atomic mass is 9.97. The molecule has 6 nitrogen and oxygen atoms in total. The molecule has 0 aromatic carbocycles. The number of rotatable bonds is 6. The van der Waals surface area contributed by atoms with E-state index < -0.39 is 5.97 Å². The molecule has 0 rings (SSSR count). The molecule has 0 bridgehead atoms. The molecule has 0 aromatic rings. The average Bonchev–Trinajstić information content (AvgIpc) is 2.19. The zero-order valence-electron chi connectivity index (χ0n) is 10.9. The van der Waals surface area contributed by atoms with E-state index in [-0.39, 0.29) is 24.5 Å². The molecular weight excluding hydrogens is 224 g/mol. The highest BCUT2D eigenvalue weighted by Gasteiger charge is 2.18. The van der Waals surface area contributed by atoms with E-state index in [0.29, 0.717) is 13.2 Å². The van der Waals surface area contributed by atoms with Gasteiger partial charge in [0.05, 0.1) is 6.61 Å². The number of nitrogens with zero attached hydrogens (tertiary/aromatic N) is 1. The highest BCUT2D eigenvalue weighted by molar-refractivity contribution is 5.80. The van der Waals surface area contributed by atoms with Crippen molar-refractivity contribution in [3.05, 3.63) is 0 Å². The molecule has 100 valence electrons. The van der Waals surface area contributed by atoms with Gasteiger partial charge in [0.25, 0.3) is 0 Å². The lowest BCUT2D eigenvalue weighted by molar-refractivity contribution is -0.137. The molecule has 0 heterocycles. The molecule has 0 unspecified atom stereocenters. The van der Waals surface area contributed by atoms with E-state index in [1.807, 2.05) is 20.8 Å². The first-order chi connectivity index (χ1) is 7.76. The fraction of sp³-hybridized carbons (Fsp3) is 0.818. The Balaban J connectivity index is 4.26. The van der Waals surface area contributed by atoms with Crippen LogP contribution < -0.4 is 5.32 Å². The number of carbonyl (C=O) groups is 2. The van der Waals surface area contributed by atoms with Crippen molar-refractivity contribution in [1.82, 2.24) is 10.2 Å². The summed E-state index contributed by atoms with van der Waals surface area (Å²) < 4.78 is 4.83. The van der Waals surface area contributed by atoms with E-state index in [2.05, 4.69) is 5.32 Å². The molecule has 17 heavy (non-hydrogen) atoms. The van der Waals surface area contributed by atoms with Crippen molar-refractivity contribution in [1.29, 1.82) is 0 Å². The van der Waals surface area contributed by atoms with Gasteiger partial charge in [-0.15, -0.1) is 0 Å². The van der Waals surface area contributed by atoms with Crippen LogP contribution in [0.25, 0.3) is 0 Å². The normalized spacial score (nSPS) is 11.1. The van der Waals surface area contributed by atoms with E-state index in [9.17, 15) is 9.59 Å². The summed E-state index contributed by atoms with van der Waals surface area (Å²) >= 11 is 0. The van der Waals surface area contributed by atoms with Crippen LogP contribution in [0.4, 0.5) is 4.79 Å². The summed E-state index contributed by atoms with van der Waals surface area (Å²) in [7, 11) is 1.51. The first kappa shape index (κ1) is 15.7. The van der Waals surface area contributed by atoms with Gasteiger partial charge in [0.15, 0.2) is 0 Å². The minimum absolute atomic E-state index is 0.0359. The van der Waals surface area contributed by atoms with Crippen LogP contribution in [-0.2, 0) is 9.53 Å². The van der Waals surface area contributed by atoms with E-state index in [1.165, 1.54) is 12.0 Å². The molecule has 0 aliphatic rings. The lowest BCUT2D eigenvalue weighted by Gasteiger charge is -2.24. The summed E-state index contributed by atoms with van der Waals surface area (Å²) in [5, 5.41) is 11.4. The van der Waals surface area contributed by atoms with Gasteiger partial charge in [-0.05, 0) is 5.41 Å². The van der Waals surface area contributed by atoms with Gasteiger partial charge in [0.1, 0.15) is 6.54 Å². The Morgan fingerprint density at radius 1 is 1.35 bits per heavy atom. The van der Waals surface area contributed by atoms with Crippen LogP contribution in [0.2, 0.25) is 0 Å². The van der Waals surface area contributed by atoms with E-state index in [1.54, 1.807) is 0 Å². The monoisotopic (exact) mass is 246 g/mol. The third kappa shape index (κ3) is 8.50. The molecule has 0 aromatic heterocycles. The van der Waals surface area contributed by atoms with Crippen molar-refractivity contribution in [2.75, 3.05) is 33.4 Å². The van der Waals surface area contributed by atoms with Crippen LogP contribution in [0.3, 0.4) is 0 Å². The summed E-state index contributed by atoms with van der Waals surface area (Å²) in [5.41, 5.74) is -0.0359. The molecule has 2 amide bonds. The number of hydrogen-bond donors (Lipinski definition) is 2. The first-order valence-corrected chi connectivity index (χ1v) is 5.50. The van der Waals surface area contributed by atoms with Crippen molar-refractivity contribution in [3.8, 4) is 0 Å². The maximum absolute atomic E-state index is 11.7. The van der Waals surface area contributed by atoms with Gasteiger partial charge >= 0.3 is 12.0 Å². The topological polar surface area (TPSA) is 78.9 Å². The average molecular weight is 246 g/mol. The summed E-state index contributed by atoms with van der Waals surface area (Å²) in [4.78, 5) is 23.6. The Morgan fingerprint density at radius 3 is 2.35 bits per heavy atom. The van der Waals surface area contributed by atoms with Crippen LogP contribution in [0, 0.1) is 5.41 Å². The van der Waals surface area contributed by atoms with Crippen LogP contribution in [0.15, 0.2) is 0 Å². The molecule has 2 N–H and O–H groups in total. The molecule has 0 aliphatic carbocycles. The standard InChI is InChI=1S/C11H22N2O4/c1-11(2,3)8-12-10(16)13(5-6-17-4)7-9(14)15/h5-8H2,1-4H3,(H,12,16)(H,14,15). The van der Waals surface area contributed by atoms with Crippen LogP contribution >= 0.6 is 0 Å². The van der Waals surface area contributed by atoms with E-state index in [0.717, 1.165) is 0 Å². The highest BCUT2D eigenvalue weighted by Crippen LogP contribution is 2.10. The van der Waals surface area contributed by atoms with Gasteiger partial charge in [-0.3, -0.25) is 4.79 Å². The summed E-state index contributed by atoms with van der Waals surface area (Å²) in [5.74, 6) is -1.04. The zero-order valence-corrected chi connectivity index (χ0v) is 10.9. The molecule has 6 heteroatoms. The highest BCUT2D eigenvalue weighted by atomic mass is 16.5. The van der Waals surface area contributed by atoms with Crippen LogP contribution in [-0.4, -0.2) is 55.4 Å². The summed E-state index contributed by atoms with van der Waals surface area (Å²) in [6.07, 6.45) is 0. The molecule has 0 saturated heterocycles. The van der Waals surface area contributed by atoms with E-state index in [4.69, 9.17) is 9.84 Å². The fourth-order valence-corrected chi connectivity index (χ4v) is 1.07. The van der Waals surface area contributed by atoms with Gasteiger partial charge in [0, 0.05) is 20.2 Å². The largest absolute Gasteiger partial charge is 0.480 e. The number of aliphatic carboxylic acids is 1. The van der Waals surface area contributed by atoms with Gasteiger partial charge in [-0.2, -0.15) is 0 Å². The van der Waals surface area contributed by atoms with Crippen molar-refractivity contribution in [3.63, 3.8) is 0 Å². The number of hydrogen-bond acceptors (Lipinski definition) is 3. The van der Waals surface area contributed by atoms with Crippen LogP contribution in [0.5, 0.6) is 0 Å². The summed E-state index contributed by atoms with van der Waals surface area (Å²) in [6.45, 7) is 6.72. The van der Waals surface area contributed by atoms with Crippen molar-refractivity contribution in [2.24, 2.45) is 5.41 Å². The maximum Gasteiger partial charge on any atom is 0.323 e. The third-order valence-electron chi connectivity index (χ3n) is 1.95.